The molecule has 2 atom stereocenters. The molecule has 2 N–H and O–H groups in total. The molecule has 1 aromatic heterocycles. The van der Waals surface area contributed by atoms with E-state index in [0.29, 0.717) is 6.42 Å². The molecule has 8 heteroatoms. The first kappa shape index (κ1) is 16.2. The number of nitrogens with zero attached hydrogens (tertiary/aromatic N) is 1. The van der Waals surface area contributed by atoms with Gasteiger partial charge < -0.3 is 5.11 Å². The summed E-state index contributed by atoms with van der Waals surface area (Å²) < 4.78 is 27.2. The molecule has 1 saturated carbocycles. The second-order valence-corrected chi connectivity index (χ2v) is 7.50. The molecule has 0 bridgehead atoms. The quantitative estimate of drug-likeness (QED) is 0.822. The Morgan fingerprint density at radius 3 is 2.86 bits per heavy atom. The lowest BCUT2D eigenvalue weighted by Crippen LogP contribution is -2.56. The average molecular weight is 333 g/mol. The van der Waals surface area contributed by atoms with Gasteiger partial charge in [0, 0.05) is 6.20 Å². The van der Waals surface area contributed by atoms with Crippen molar-refractivity contribution in [1.82, 2.24) is 9.71 Å². The maximum Gasteiger partial charge on any atom is 0.324 e. The molecular weight excluding hydrogens is 316 g/mol. The van der Waals surface area contributed by atoms with E-state index < -0.39 is 21.5 Å². The van der Waals surface area contributed by atoms with Crippen LogP contribution in [-0.4, -0.2) is 30.0 Å². The van der Waals surface area contributed by atoms with Crippen LogP contribution in [0, 0.1) is 5.92 Å². The molecule has 2 unspecified atom stereocenters. The van der Waals surface area contributed by atoms with Crippen LogP contribution in [0.15, 0.2) is 23.2 Å². The van der Waals surface area contributed by atoms with E-state index in [0.717, 1.165) is 6.42 Å². The van der Waals surface area contributed by atoms with Gasteiger partial charge >= 0.3 is 5.97 Å². The van der Waals surface area contributed by atoms with Crippen LogP contribution in [0.25, 0.3) is 0 Å². The maximum atomic E-state index is 12.4. The van der Waals surface area contributed by atoms with Crippen LogP contribution in [0.4, 0.5) is 0 Å². The number of rotatable bonds is 4. The number of carboxylic acids is 1. The number of aliphatic carboxylic acids is 1. The molecule has 6 nitrogen and oxygen atoms in total. The summed E-state index contributed by atoms with van der Waals surface area (Å²) in [6.07, 6.45) is 3.46. The molecule has 0 saturated heterocycles. The fraction of sp³-hybridized carbons (Fsp3) is 0.538. The molecule has 0 aliphatic heterocycles. The van der Waals surface area contributed by atoms with E-state index in [-0.39, 0.29) is 28.8 Å². The van der Waals surface area contributed by atoms with Gasteiger partial charge in [0.2, 0.25) is 10.0 Å². The van der Waals surface area contributed by atoms with Crippen LogP contribution in [0.5, 0.6) is 0 Å². The molecule has 116 valence electrons. The Morgan fingerprint density at radius 1 is 1.57 bits per heavy atom. The van der Waals surface area contributed by atoms with Gasteiger partial charge in [0.15, 0.2) is 0 Å². The van der Waals surface area contributed by atoms with Crippen molar-refractivity contribution in [3.8, 4) is 0 Å². The largest absolute Gasteiger partial charge is 0.480 e. The summed E-state index contributed by atoms with van der Waals surface area (Å²) in [7, 11) is -4.04. The van der Waals surface area contributed by atoms with E-state index >= 15 is 0 Å². The van der Waals surface area contributed by atoms with Crippen molar-refractivity contribution in [2.75, 3.05) is 0 Å². The maximum absolute atomic E-state index is 12.4. The smallest absolute Gasteiger partial charge is 0.324 e. The van der Waals surface area contributed by atoms with Crippen molar-refractivity contribution in [2.24, 2.45) is 5.92 Å². The first-order valence-electron chi connectivity index (χ1n) is 6.65. The molecular formula is C13H17ClN2O4S. The van der Waals surface area contributed by atoms with Crippen LogP contribution in [0.3, 0.4) is 0 Å². The summed E-state index contributed by atoms with van der Waals surface area (Å²) in [5.41, 5.74) is -1.48. The van der Waals surface area contributed by atoms with Crippen molar-refractivity contribution in [3.63, 3.8) is 0 Å². The predicted octanol–water partition coefficient (Wildman–Crippen LogP) is 2.05. The number of pyridine rings is 1. The van der Waals surface area contributed by atoms with Crippen LogP contribution in [-0.2, 0) is 14.8 Å². The van der Waals surface area contributed by atoms with Gasteiger partial charge in [-0.25, -0.2) is 13.4 Å². The SMILES string of the molecule is CC1CCCC(NS(=O)(=O)c2cccnc2Cl)(C(=O)O)C1. The van der Waals surface area contributed by atoms with Gasteiger partial charge in [0.05, 0.1) is 0 Å². The van der Waals surface area contributed by atoms with Crippen LogP contribution in [0.2, 0.25) is 5.15 Å². The number of aromatic nitrogens is 1. The summed E-state index contributed by atoms with van der Waals surface area (Å²) >= 11 is 5.80. The first-order valence-corrected chi connectivity index (χ1v) is 8.51. The Bertz CT molecular complexity index is 649. The summed E-state index contributed by atoms with van der Waals surface area (Å²) in [5, 5.41) is 9.34. The molecule has 1 heterocycles. The van der Waals surface area contributed by atoms with Crippen LogP contribution >= 0.6 is 11.6 Å². The third kappa shape index (κ3) is 3.36. The fourth-order valence-electron chi connectivity index (χ4n) is 2.77. The Hall–Kier alpha value is -1.18. The highest BCUT2D eigenvalue weighted by Crippen LogP contribution is 2.34. The molecule has 0 radical (unpaired) electrons. The molecule has 1 fully saturated rings. The van der Waals surface area contributed by atoms with Gasteiger partial charge in [-0.15, -0.1) is 0 Å². The molecule has 1 aliphatic carbocycles. The summed E-state index contributed by atoms with van der Waals surface area (Å²) in [6, 6.07) is 2.75. The van der Waals surface area contributed by atoms with Gasteiger partial charge in [-0.05, 0) is 30.9 Å². The van der Waals surface area contributed by atoms with Gasteiger partial charge in [-0.2, -0.15) is 4.72 Å². The Balaban J connectivity index is 2.37. The number of halogens is 1. The second-order valence-electron chi connectivity index (χ2n) is 5.49. The topological polar surface area (TPSA) is 96.4 Å². The Morgan fingerprint density at radius 2 is 2.29 bits per heavy atom. The Kier molecular flexibility index (Phi) is 4.55. The molecule has 0 aromatic carbocycles. The lowest BCUT2D eigenvalue weighted by atomic mass is 9.77. The van der Waals surface area contributed by atoms with E-state index in [1.165, 1.54) is 18.3 Å². The summed E-state index contributed by atoms with van der Waals surface area (Å²) in [5.74, 6) is -1.01. The van der Waals surface area contributed by atoms with E-state index in [9.17, 15) is 18.3 Å². The number of nitrogens with one attached hydrogen (secondary N) is 1. The normalized spacial score (nSPS) is 26.5. The Labute approximate surface area is 128 Å². The van der Waals surface area contributed by atoms with Crippen molar-refractivity contribution in [1.29, 1.82) is 0 Å². The number of carboxylic acid groups (broad SMARTS) is 1. The number of hydrogen-bond donors (Lipinski definition) is 2. The molecule has 0 amide bonds. The van der Waals surface area contributed by atoms with Crippen LogP contribution in [0.1, 0.15) is 32.6 Å². The first-order chi connectivity index (χ1) is 9.77. The standard InChI is InChI=1S/C13H17ClN2O4S/c1-9-4-2-6-13(8-9,12(17)18)16-21(19,20)10-5-3-7-15-11(10)14/h3,5,7,9,16H,2,4,6,8H2,1H3,(H,17,18). The van der Waals surface area contributed by atoms with Gasteiger partial charge in [-0.1, -0.05) is 31.4 Å². The zero-order valence-electron chi connectivity index (χ0n) is 11.5. The minimum Gasteiger partial charge on any atom is -0.480 e. The number of sulfonamides is 1. The third-order valence-electron chi connectivity index (χ3n) is 3.75. The third-order valence-corrected chi connectivity index (χ3v) is 5.73. The van der Waals surface area contributed by atoms with Crippen molar-refractivity contribution >= 4 is 27.6 Å². The van der Waals surface area contributed by atoms with Gasteiger partial charge in [0.1, 0.15) is 15.6 Å². The molecule has 1 aliphatic rings. The molecule has 21 heavy (non-hydrogen) atoms. The highest BCUT2D eigenvalue weighted by atomic mass is 35.5. The molecule has 2 rings (SSSR count). The van der Waals surface area contributed by atoms with Crippen molar-refractivity contribution < 1.29 is 18.3 Å². The average Bonchev–Trinajstić information content (AvgIpc) is 2.38. The highest BCUT2D eigenvalue weighted by Gasteiger charge is 2.45. The zero-order chi connectivity index (χ0) is 15.7. The molecule has 1 aromatic rings. The second kappa shape index (κ2) is 5.90. The van der Waals surface area contributed by atoms with E-state index in [4.69, 9.17) is 11.6 Å². The van der Waals surface area contributed by atoms with Gasteiger partial charge in [-0.3, -0.25) is 4.79 Å². The highest BCUT2D eigenvalue weighted by molar-refractivity contribution is 7.89. The summed E-state index contributed by atoms with van der Waals surface area (Å²) in [4.78, 5) is 15.2. The van der Waals surface area contributed by atoms with Crippen molar-refractivity contribution in [3.05, 3.63) is 23.5 Å². The number of hydrogen-bond acceptors (Lipinski definition) is 4. The lowest BCUT2D eigenvalue weighted by Gasteiger charge is -2.36. The minimum atomic E-state index is -4.04. The van der Waals surface area contributed by atoms with Gasteiger partial charge in [0.25, 0.3) is 0 Å². The van der Waals surface area contributed by atoms with Crippen LogP contribution < -0.4 is 4.72 Å². The number of carbonyl (C=O) groups is 1. The molecule has 0 spiro atoms. The monoisotopic (exact) mass is 332 g/mol. The lowest BCUT2D eigenvalue weighted by molar-refractivity contribution is -0.146. The zero-order valence-corrected chi connectivity index (χ0v) is 13.1. The summed E-state index contributed by atoms with van der Waals surface area (Å²) in [6.45, 7) is 1.92. The fourth-order valence-corrected chi connectivity index (χ4v) is 4.62. The predicted molar refractivity (Wildman–Crippen MR) is 77.6 cm³/mol. The van der Waals surface area contributed by atoms with E-state index in [1.807, 2.05) is 6.92 Å². The van der Waals surface area contributed by atoms with E-state index in [1.54, 1.807) is 0 Å². The van der Waals surface area contributed by atoms with Crippen molar-refractivity contribution in [2.45, 2.75) is 43.0 Å². The minimum absolute atomic E-state index is 0.141. The van der Waals surface area contributed by atoms with E-state index in [2.05, 4.69) is 9.71 Å².